The summed E-state index contributed by atoms with van der Waals surface area (Å²) < 4.78 is 5.81. The summed E-state index contributed by atoms with van der Waals surface area (Å²) in [6, 6.07) is 2.16. The van der Waals surface area contributed by atoms with Crippen molar-refractivity contribution in [3.8, 4) is 5.75 Å². The number of rotatable bonds is 13. The van der Waals surface area contributed by atoms with Crippen LogP contribution in [0.25, 0.3) is 0 Å². The van der Waals surface area contributed by atoms with E-state index in [2.05, 4.69) is 39.2 Å². The lowest BCUT2D eigenvalue weighted by molar-refractivity contribution is -0.120. The highest BCUT2D eigenvalue weighted by Crippen LogP contribution is 2.24. The van der Waals surface area contributed by atoms with E-state index in [-0.39, 0.29) is 5.91 Å². The van der Waals surface area contributed by atoms with Gasteiger partial charge in [0, 0.05) is 42.7 Å². The molecule has 0 radical (unpaired) electrons. The average molecular weight is 453 g/mol. The quantitative estimate of drug-likeness (QED) is 0.313. The van der Waals surface area contributed by atoms with Gasteiger partial charge in [0.25, 0.3) is 0 Å². The molecule has 168 valence electrons. The van der Waals surface area contributed by atoms with E-state index in [1.54, 1.807) is 17.5 Å². The predicted octanol–water partition coefficient (Wildman–Crippen LogP) is 3.79. The Morgan fingerprint density at radius 1 is 1.27 bits per heavy atom. The Labute approximate surface area is 190 Å². The molecule has 2 rings (SSSR count). The number of amides is 1. The molecule has 0 unspecified atom stereocenters. The molecule has 0 aromatic carbocycles. The molecule has 30 heavy (non-hydrogen) atoms. The van der Waals surface area contributed by atoms with Crippen molar-refractivity contribution >= 4 is 34.6 Å². The number of carbonyl (C=O) groups excluding carboxylic acids is 1. The second-order valence-corrected chi connectivity index (χ2v) is 8.88. The lowest BCUT2D eigenvalue weighted by Gasteiger charge is -2.25. The van der Waals surface area contributed by atoms with Crippen LogP contribution in [0.2, 0.25) is 0 Å². The summed E-state index contributed by atoms with van der Waals surface area (Å²) in [5, 5.41) is 11.7. The fourth-order valence-corrected chi connectivity index (χ4v) is 4.21. The van der Waals surface area contributed by atoms with E-state index in [9.17, 15) is 4.79 Å². The van der Waals surface area contributed by atoms with Crippen LogP contribution < -0.4 is 20.7 Å². The molecule has 0 spiro atoms. The van der Waals surface area contributed by atoms with Crippen LogP contribution in [0.4, 0.5) is 0 Å². The van der Waals surface area contributed by atoms with Crippen LogP contribution in [-0.4, -0.2) is 48.7 Å². The summed E-state index contributed by atoms with van der Waals surface area (Å²) in [5.41, 5.74) is 0. The van der Waals surface area contributed by atoms with Gasteiger partial charge in [-0.2, -0.15) is 0 Å². The van der Waals surface area contributed by atoms with Gasteiger partial charge in [0.2, 0.25) is 5.91 Å². The van der Waals surface area contributed by atoms with E-state index in [0.717, 1.165) is 38.1 Å². The first-order valence-corrected chi connectivity index (χ1v) is 12.3. The Bertz CT molecular complexity index is 657. The number of ether oxygens (including phenoxy) is 1. The van der Waals surface area contributed by atoms with Crippen molar-refractivity contribution in [1.82, 2.24) is 20.9 Å². The van der Waals surface area contributed by atoms with Crippen molar-refractivity contribution in [2.45, 2.75) is 58.4 Å². The zero-order valence-electron chi connectivity index (χ0n) is 18.1. The highest BCUT2D eigenvalue weighted by molar-refractivity contribution is 7.80. The maximum Gasteiger partial charge on any atom is 0.223 e. The summed E-state index contributed by atoms with van der Waals surface area (Å²) in [4.78, 5) is 15.7. The number of nitrogens with one attached hydrogen (secondary N) is 3. The van der Waals surface area contributed by atoms with Crippen molar-refractivity contribution in [1.29, 1.82) is 0 Å². The zero-order chi connectivity index (χ0) is 21.4. The molecule has 1 aliphatic rings. The first-order chi connectivity index (χ1) is 14.7. The van der Waals surface area contributed by atoms with Gasteiger partial charge in [-0.05, 0) is 63.3 Å². The van der Waals surface area contributed by atoms with E-state index in [1.165, 1.54) is 37.2 Å². The van der Waals surface area contributed by atoms with E-state index in [0.29, 0.717) is 24.7 Å². The lowest BCUT2D eigenvalue weighted by Crippen LogP contribution is -2.36. The third kappa shape index (κ3) is 10.9. The van der Waals surface area contributed by atoms with Crippen molar-refractivity contribution in [2.24, 2.45) is 0 Å². The highest BCUT2D eigenvalue weighted by Gasteiger charge is 2.11. The number of hydrogen-bond acceptors (Lipinski definition) is 5. The maximum atomic E-state index is 11.8. The normalized spacial score (nSPS) is 14.6. The first kappa shape index (κ1) is 24.6. The van der Waals surface area contributed by atoms with Gasteiger partial charge in [0.15, 0.2) is 5.11 Å². The smallest absolute Gasteiger partial charge is 0.223 e. The summed E-state index contributed by atoms with van der Waals surface area (Å²) in [6.45, 7) is 7.73. The number of likely N-dealkylation sites (tertiary alicyclic amines) is 1. The van der Waals surface area contributed by atoms with Crippen LogP contribution in [0.15, 0.2) is 23.7 Å². The standard InChI is InChI=1S/C22H36N4O2S2/c1-2-10-24-22(29)25-12-8-9-21(27)23-11-4-7-15-28-19-16-20(30-18-19)17-26-13-5-3-6-14-26/h4,11,16,18H,2-3,5-10,12-15,17H2,1H3,(H,23,27)(H2,24,25,29)/b11-4-. The van der Waals surface area contributed by atoms with Gasteiger partial charge in [-0.25, -0.2) is 0 Å². The molecule has 0 atom stereocenters. The highest BCUT2D eigenvalue weighted by atomic mass is 32.1. The molecule has 6 nitrogen and oxygen atoms in total. The predicted molar refractivity (Wildman–Crippen MR) is 129 cm³/mol. The van der Waals surface area contributed by atoms with Crippen LogP contribution in [0.5, 0.6) is 5.75 Å². The Hall–Kier alpha value is -1.64. The largest absolute Gasteiger partial charge is 0.492 e. The van der Waals surface area contributed by atoms with Gasteiger partial charge in [0.1, 0.15) is 5.75 Å². The molecule has 1 aliphatic heterocycles. The minimum atomic E-state index is 0.0154. The van der Waals surface area contributed by atoms with Crippen LogP contribution in [0, 0.1) is 0 Å². The Kier molecular flexibility index (Phi) is 12.5. The molecule has 0 aliphatic carbocycles. The van der Waals surface area contributed by atoms with E-state index in [1.807, 2.05) is 6.08 Å². The van der Waals surface area contributed by atoms with Gasteiger partial charge in [0.05, 0.1) is 6.61 Å². The topological polar surface area (TPSA) is 65.6 Å². The number of carbonyl (C=O) groups is 1. The number of hydrogen-bond donors (Lipinski definition) is 3. The van der Waals surface area contributed by atoms with Crippen LogP contribution in [-0.2, 0) is 11.3 Å². The first-order valence-electron chi connectivity index (χ1n) is 11.1. The molecule has 0 saturated carbocycles. The minimum Gasteiger partial charge on any atom is -0.492 e. The zero-order valence-corrected chi connectivity index (χ0v) is 19.7. The molecular weight excluding hydrogens is 416 g/mol. The molecule has 1 saturated heterocycles. The molecule has 8 heteroatoms. The summed E-state index contributed by atoms with van der Waals surface area (Å²) in [6.07, 6.45) is 10.7. The molecule has 1 aromatic heterocycles. The SMILES string of the molecule is CCCNC(=S)NCCCC(=O)N/C=C\CCOc1csc(CN2CCCCC2)c1. The summed E-state index contributed by atoms with van der Waals surface area (Å²) >= 11 is 6.91. The molecule has 1 aromatic rings. The average Bonchev–Trinajstić information content (AvgIpc) is 3.20. The fourth-order valence-electron chi connectivity index (χ4n) is 3.16. The Morgan fingerprint density at radius 2 is 2.07 bits per heavy atom. The molecule has 2 heterocycles. The van der Waals surface area contributed by atoms with Crippen LogP contribution >= 0.6 is 23.6 Å². The second-order valence-electron chi connectivity index (χ2n) is 7.48. The Morgan fingerprint density at radius 3 is 2.87 bits per heavy atom. The van der Waals surface area contributed by atoms with Crippen molar-refractivity contribution in [3.05, 3.63) is 28.6 Å². The van der Waals surface area contributed by atoms with E-state index >= 15 is 0 Å². The van der Waals surface area contributed by atoms with E-state index in [4.69, 9.17) is 17.0 Å². The van der Waals surface area contributed by atoms with Crippen LogP contribution in [0.3, 0.4) is 0 Å². The van der Waals surface area contributed by atoms with Crippen molar-refractivity contribution < 1.29 is 9.53 Å². The monoisotopic (exact) mass is 452 g/mol. The molecular formula is C22H36N4O2S2. The third-order valence-electron chi connectivity index (χ3n) is 4.77. The van der Waals surface area contributed by atoms with Gasteiger partial charge < -0.3 is 20.7 Å². The minimum absolute atomic E-state index is 0.0154. The fraction of sp³-hybridized carbons (Fsp3) is 0.636. The molecule has 3 N–H and O–H groups in total. The third-order valence-corrected chi connectivity index (χ3v) is 5.96. The number of nitrogens with zero attached hydrogens (tertiary/aromatic N) is 1. The van der Waals surface area contributed by atoms with Crippen molar-refractivity contribution in [3.63, 3.8) is 0 Å². The lowest BCUT2D eigenvalue weighted by atomic mass is 10.1. The Balaban J connectivity index is 1.48. The van der Waals surface area contributed by atoms with Gasteiger partial charge in [-0.3, -0.25) is 9.69 Å². The molecule has 1 amide bonds. The van der Waals surface area contributed by atoms with Crippen molar-refractivity contribution in [2.75, 3.05) is 32.8 Å². The summed E-state index contributed by atoms with van der Waals surface area (Å²) in [5.74, 6) is 0.963. The number of piperidine rings is 1. The summed E-state index contributed by atoms with van der Waals surface area (Å²) in [7, 11) is 0. The van der Waals surface area contributed by atoms with Gasteiger partial charge in [-0.1, -0.05) is 19.4 Å². The molecule has 1 fully saturated rings. The molecule has 0 bridgehead atoms. The van der Waals surface area contributed by atoms with E-state index < -0.39 is 0 Å². The van der Waals surface area contributed by atoms with Gasteiger partial charge in [-0.15, -0.1) is 11.3 Å². The second kappa shape index (κ2) is 15.2. The van der Waals surface area contributed by atoms with Gasteiger partial charge >= 0.3 is 0 Å². The van der Waals surface area contributed by atoms with Crippen LogP contribution in [0.1, 0.15) is 56.7 Å². The maximum absolute atomic E-state index is 11.8. The number of thiocarbonyl (C=S) groups is 1. The number of thiophene rings is 1.